The maximum atomic E-state index is 11.4. The van der Waals surface area contributed by atoms with Crippen LogP contribution in [0.2, 0.25) is 0 Å². The normalized spacial score (nSPS) is 11.5. The van der Waals surface area contributed by atoms with Gasteiger partial charge in [-0.05, 0) is 5.56 Å². The van der Waals surface area contributed by atoms with Crippen molar-refractivity contribution in [1.29, 1.82) is 5.26 Å². The number of nitrogens with zero attached hydrogens (tertiary/aromatic N) is 1. The van der Waals surface area contributed by atoms with Crippen LogP contribution in [0.15, 0.2) is 30.3 Å². The van der Waals surface area contributed by atoms with E-state index in [1.54, 1.807) is 11.8 Å². The highest BCUT2D eigenvalue weighted by Crippen LogP contribution is 2.18. The van der Waals surface area contributed by atoms with Gasteiger partial charge in [-0.25, -0.2) is 0 Å². The van der Waals surface area contributed by atoms with E-state index < -0.39 is 0 Å². The fourth-order valence-corrected chi connectivity index (χ4v) is 2.46. The minimum absolute atomic E-state index is 0.217. The molecule has 90 valence electrons. The molecular formula is C13H15NO2S. The van der Waals surface area contributed by atoms with Crippen molar-refractivity contribution >= 4 is 17.7 Å². The second kappa shape index (κ2) is 7.75. The number of carbonyl (C=O) groups excluding carboxylic acids is 1. The average Bonchev–Trinajstić information content (AvgIpc) is 2.38. The van der Waals surface area contributed by atoms with E-state index in [2.05, 4.69) is 4.74 Å². The number of ether oxygens (including phenoxy) is 1. The molecule has 1 unspecified atom stereocenters. The van der Waals surface area contributed by atoms with Crippen LogP contribution in [0.5, 0.6) is 0 Å². The van der Waals surface area contributed by atoms with Crippen molar-refractivity contribution in [3.05, 3.63) is 35.9 Å². The van der Waals surface area contributed by atoms with Crippen molar-refractivity contribution in [1.82, 2.24) is 0 Å². The van der Waals surface area contributed by atoms with Crippen molar-refractivity contribution in [2.45, 2.75) is 12.2 Å². The van der Waals surface area contributed by atoms with E-state index in [0.717, 1.165) is 5.75 Å². The molecule has 0 radical (unpaired) electrons. The van der Waals surface area contributed by atoms with Gasteiger partial charge in [-0.3, -0.25) is 4.79 Å². The van der Waals surface area contributed by atoms with Gasteiger partial charge in [0.2, 0.25) is 0 Å². The van der Waals surface area contributed by atoms with E-state index in [1.165, 1.54) is 12.7 Å². The van der Waals surface area contributed by atoms with Crippen molar-refractivity contribution < 1.29 is 9.53 Å². The van der Waals surface area contributed by atoms with Crippen LogP contribution in [0.3, 0.4) is 0 Å². The zero-order chi connectivity index (χ0) is 12.5. The Labute approximate surface area is 106 Å². The summed E-state index contributed by atoms with van der Waals surface area (Å²) in [6.07, 6.45) is 0.217. The molecule has 17 heavy (non-hydrogen) atoms. The Morgan fingerprint density at radius 3 is 2.76 bits per heavy atom. The first-order valence-electron chi connectivity index (χ1n) is 5.34. The molecule has 0 saturated heterocycles. The van der Waals surface area contributed by atoms with Crippen LogP contribution in [-0.2, 0) is 15.3 Å². The number of esters is 1. The standard InChI is InChI=1S/C13H15NO2S/c1-16-13(15)12(7-8-14)10-17-9-11-5-3-2-4-6-11/h2-6,12H,7,9-10H2,1H3. The molecule has 0 fully saturated rings. The first-order chi connectivity index (χ1) is 8.27. The molecule has 0 N–H and O–H groups in total. The van der Waals surface area contributed by atoms with E-state index in [1.807, 2.05) is 36.4 Å². The Bertz CT molecular complexity index is 386. The highest BCUT2D eigenvalue weighted by Gasteiger charge is 2.18. The van der Waals surface area contributed by atoms with Crippen molar-refractivity contribution in [2.75, 3.05) is 12.9 Å². The molecule has 0 aromatic heterocycles. The van der Waals surface area contributed by atoms with Crippen molar-refractivity contribution in [3.8, 4) is 6.07 Å². The van der Waals surface area contributed by atoms with Crippen LogP contribution in [0.4, 0.5) is 0 Å². The highest BCUT2D eigenvalue weighted by molar-refractivity contribution is 7.98. The van der Waals surface area contributed by atoms with Gasteiger partial charge < -0.3 is 4.74 Å². The summed E-state index contributed by atoms with van der Waals surface area (Å²) in [5.74, 6) is 0.848. The summed E-state index contributed by atoms with van der Waals surface area (Å²) in [4.78, 5) is 11.4. The minimum atomic E-state index is -0.321. The van der Waals surface area contributed by atoms with E-state index in [-0.39, 0.29) is 18.3 Å². The van der Waals surface area contributed by atoms with Crippen LogP contribution < -0.4 is 0 Å². The zero-order valence-corrected chi connectivity index (χ0v) is 10.6. The number of nitriles is 1. The second-order valence-corrected chi connectivity index (χ2v) is 4.61. The lowest BCUT2D eigenvalue weighted by Gasteiger charge is -2.10. The topological polar surface area (TPSA) is 50.1 Å². The Kier molecular flexibility index (Phi) is 6.19. The lowest BCUT2D eigenvalue weighted by atomic mass is 10.1. The molecule has 0 saturated carbocycles. The van der Waals surface area contributed by atoms with E-state index in [9.17, 15) is 4.79 Å². The third-order valence-electron chi connectivity index (χ3n) is 2.30. The molecular weight excluding hydrogens is 234 g/mol. The van der Waals surface area contributed by atoms with Gasteiger partial charge in [-0.15, -0.1) is 0 Å². The maximum Gasteiger partial charge on any atom is 0.310 e. The van der Waals surface area contributed by atoms with Crippen LogP contribution in [0.25, 0.3) is 0 Å². The van der Waals surface area contributed by atoms with E-state index in [4.69, 9.17) is 5.26 Å². The molecule has 0 bridgehead atoms. The molecule has 0 aliphatic heterocycles. The van der Waals surface area contributed by atoms with Gasteiger partial charge in [0, 0.05) is 17.9 Å². The van der Waals surface area contributed by atoms with Gasteiger partial charge >= 0.3 is 5.97 Å². The van der Waals surface area contributed by atoms with Gasteiger partial charge in [0.25, 0.3) is 0 Å². The fraction of sp³-hybridized carbons (Fsp3) is 0.385. The number of hydrogen-bond acceptors (Lipinski definition) is 4. The third kappa shape index (κ3) is 4.92. The maximum absolute atomic E-state index is 11.4. The second-order valence-electron chi connectivity index (χ2n) is 3.58. The Morgan fingerprint density at radius 2 is 2.18 bits per heavy atom. The zero-order valence-electron chi connectivity index (χ0n) is 9.76. The molecule has 0 heterocycles. The monoisotopic (exact) mass is 249 g/mol. The summed E-state index contributed by atoms with van der Waals surface area (Å²) in [6, 6.07) is 12.1. The van der Waals surface area contributed by atoms with Gasteiger partial charge in [0.05, 0.1) is 19.1 Å². The van der Waals surface area contributed by atoms with Crippen LogP contribution >= 0.6 is 11.8 Å². The number of thioether (sulfide) groups is 1. The summed E-state index contributed by atoms with van der Waals surface area (Å²) in [6.45, 7) is 0. The predicted octanol–water partition coefficient (Wildman–Crippen LogP) is 2.62. The summed E-state index contributed by atoms with van der Waals surface area (Å²) in [7, 11) is 1.36. The number of methoxy groups -OCH3 is 1. The number of carbonyl (C=O) groups is 1. The lowest BCUT2D eigenvalue weighted by Crippen LogP contribution is -2.18. The molecule has 3 nitrogen and oxygen atoms in total. The Balaban J connectivity index is 2.38. The van der Waals surface area contributed by atoms with Gasteiger partial charge in [-0.2, -0.15) is 17.0 Å². The summed E-state index contributed by atoms with van der Waals surface area (Å²) in [5, 5.41) is 8.63. The van der Waals surface area contributed by atoms with E-state index in [0.29, 0.717) is 5.75 Å². The first-order valence-corrected chi connectivity index (χ1v) is 6.50. The molecule has 1 rings (SSSR count). The van der Waals surface area contributed by atoms with Gasteiger partial charge in [0.1, 0.15) is 0 Å². The summed E-state index contributed by atoms with van der Waals surface area (Å²) < 4.78 is 4.66. The number of rotatable bonds is 6. The van der Waals surface area contributed by atoms with Gasteiger partial charge in [0.15, 0.2) is 0 Å². The first kappa shape index (κ1) is 13.6. The predicted molar refractivity (Wildman–Crippen MR) is 68.3 cm³/mol. The molecule has 0 spiro atoms. The highest BCUT2D eigenvalue weighted by atomic mass is 32.2. The summed E-state index contributed by atoms with van der Waals surface area (Å²) in [5.41, 5.74) is 1.22. The van der Waals surface area contributed by atoms with Crippen molar-refractivity contribution in [3.63, 3.8) is 0 Å². The molecule has 1 atom stereocenters. The van der Waals surface area contributed by atoms with Gasteiger partial charge in [-0.1, -0.05) is 30.3 Å². The fourth-order valence-electron chi connectivity index (χ4n) is 1.38. The Morgan fingerprint density at radius 1 is 1.47 bits per heavy atom. The molecule has 1 aromatic carbocycles. The van der Waals surface area contributed by atoms with Crippen LogP contribution in [0.1, 0.15) is 12.0 Å². The average molecular weight is 249 g/mol. The van der Waals surface area contributed by atoms with Crippen LogP contribution in [0, 0.1) is 17.2 Å². The van der Waals surface area contributed by atoms with E-state index >= 15 is 0 Å². The smallest absolute Gasteiger partial charge is 0.310 e. The largest absolute Gasteiger partial charge is 0.469 e. The molecule has 4 heteroatoms. The molecule has 1 aromatic rings. The quantitative estimate of drug-likeness (QED) is 0.727. The molecule has 0 amide bonds. The minimum Gasteiger partial charge on any atom is -0.469 e. The molecule has 0 aliphatic rings. The van der Waals surface area contributed by atoms with Crippen molar-refractivity contribution in [2.24, 2.45) is 5.92 Å². The van der Waals surface area contributed by atoms with Crippen LogP contribution in [-0.4, -0.2) is 18.8 Å². The molecule has 0 aliphatic carbocycles. The SMILES string of the molecule is COC(=O)C(CC#N)CSCc1ccccc1. The third-order valence-corrected chi connectivity index (χ3v) is 3.48. The number of benzene rings is 1. The Hall–Kier alpha value is -1.47. The summed E-state index contributed by atoms with van der Waals surface area (Å²) >= 11 is 1.65. The lowest BCUT2D eigenvalue weighted by molar-refractivity contribution is -0.144. The number of hydrogen-bond donors (Lipinski definition) is 0.